The summed E-state index contributed by atoms with van der Waals surface area (Å²) in [6, 6.07) is 11.9. The standard InChI is InChI=1S/C17H16N4O3/c1-14(11-3-5-12(22-2)6-4-11)15(9-18)13(20)21-17(16(14,15)10-19)23-7-8-24-17/h3-6H,7-8H2,1-2H3,(H2,20,21)/p+1/t14-,15-,16+/m0/s1. The largest absolute Gasteiger partial charge is 0.497 e. The summed E-state index contributed by atoms with van der Waals surface area (Å²) in [6.45, 7) is 2.54. The van der Waals surface area contributed by atoms with Gasteiger partial charge in [0.15, 0.2) is 10.8 Å². The zero-order valence-electron chi connectivity index (χ0n) is 13.4. The lowest BCUT2D eigenvalue weighted by Gasteiger charge is -2.27. The molecule has 7 nitrogen and oxygen atoms in total. The van der Waals surface area contributed by atoms with Crippen LogP contribution in [0.5, 0.6) is 5.75 Å². The first-order valence-corrected chi connectivity index (χ1v) is 7.66. The maximum Gasteiger partial charge on any atom is 0.343 e. The second-order valence-electron chi connectivity index (χ2n) is 6.43. The number of benzene rings is 1. The fourth-order valence-corrected chi connectivity index (χ4v) is 4.71. The third-order valence-corrected chi connectivity index (χ3v) is 5.89. The van der Waals surface area contributed by atoms with Crippen molar-refractivity contribution in [1.29, 1.82) is 10.5 Å². The minimum atomic E-state index is -1.39. The average Bonchev–Trinajstić information content (AvgIpc) is 2.88. The van der Waals surface area contributed by atoms with Crippen LogP contribution in [0, 0.1) is 33.5 Å². The van der Waals surface area contributed by atoms with Crippen LogP contribution in [-0.4, -0.2) is 32.1 Å². The molecule has 7 heteroatoms. The van der Waals surface area contributed by atoms with Gasteiger partial charge >= 0.3 is 5.91 Å². The molecular formula is C17H17N4O3+. The number of amidine groups is 1. The molecular weight excluding hydrogens is 308 g/mol. The Morgan fingerprint density at radius 3 is 2.29 bits per heavy atom. The number of methoxy groups -OCH3 is 1. The maximum absolute atomic E-state index is 10.1. The summed E-state index contributed by atoms with van der Waals surface area (Å²) in [5.41, 5.74) is 3.65. The molecule has 1 aliphatic carbocycles. The van der Waals surface area contributed by atoms with Gasteiger partial charge in [-0.15, -0.1) is 0 Å². The molecule has 0 aromatic heterocycles. The van der Waals surface area contributed by atoms with Crippen molar-refractivity contribution < 1.29 is 19.2 Å². The number of nitrogens with two attached hydrogens (primary N) is 1. The van der Waals surface area contributed by atoms with Crippen LogP contribution in [0.4, 0.5) is 0 Å². The number of hydrogen-bond acceptors (Lipinski definition) is 6. The third kappa shape index (κ3) is 1.15. The van der Waals surface area contributed by atoms with Gasteiger partial charge in [0, 0.05) is 0 Å². The molecule has 2 aliphatic heterocycles. The minimum Gasteiger partial charge on any atom is -0.497 e. The first kappa shape index (κ1) is 14.9. The van der Waals surface area contributed by atoms with E-state index in [0.29, 0.717) is 19.0 Å². The fraction of sp³-hybridized carbons (Fsp3) is 0.471. The average molecular weight is 325 g/mol. The SMILES string of the molecule is COc1ccc([C@@]2(C)[C@]3(C#N)C(N)=[NH+]C4(OCCO4)[C@@]32C#N)cc1. The lowest BCUT2D eigenvalue weighted by Crippen LogP contribution is -2.90. The highest BCUT2D eigenvalue weighted by Crippen LogP contribution is 2.82. The van der Waals surface area contributed by atoms with Crippen molar-refractivity contribution in [2.75, 3.05) is 20.3 Å². The Morgan fingerprint density at radius 2 is 1.79 bits per heavy atom. The highest BCUT2D eigenvalue weighted by Gasteiger charge is 3.03. The van der Waals surface area contributed by atoms with Crippen molar-refractivity contribution in [3.8, 4) is 17.9 Å². The van der Waals surface area contributed by atoms with Crippen molar-refractivity contribution in [2.24, 2.45) is 16.6 Å². The lowest BCUT2D eigenvalue weighted by molar-refractivity contribution is -0.677. The Hall–Kier alpha value is -2.61. The van der Waals surface area contributed by atoms with Crippen molar-refractivity contribution in [3.63, 3.8) is 0 Å². The van der Waals surface area contributed by atoms with Gasteiger partial charge in [-0.3, -0.25) is 5.73 Å². The smallest absolute Gasteiger partial charge is 0.343 e. The van der Waals surface area contributed by atoms with Gasteiger partial charge in [0.2, 0.25) is 0 Å². The Morgan fingerprint density at radius 1 is 1.17 bits per heavy atom. The number of nitriles is 2. The summed E-state index contributed by atoms with van der Waals surface area (Å²) in [4.78, 5) is 2.94. The maximum atomic E-state index is 10.1. The molecule has 122 valence electrons. The topological polar surface area (TPSA) is 115 Å². The molecule has 4 rings (SSSR count). The van der Waals surface area contributed by atoms with E-state index in [-0.39, 0.29) is 5.84 Å². The number of hydrogen-bond donors (Lipinski definition) is 2. The van der Waals surface area contributed by atoms with Gasteiger partial charge in [0.1, 0.15) is 5.75 Å². The molecule has 24 heavy (non-hydrogen) atoms. The molecule has 2 heterocycles. The number of nitrogens with zero attached hydrogens (tertiary/aromatic N) is 2. The van der Waals surface area contributed by atoms with Crippen molar-refractivity contribution >= 4 is 5.84 Å². The quantitative estimate of drug-likeness (QED) is 0.731. The lowest BCUT2D eigenvalue weighted by atomic mass is 9.84. The van der Waals surface area contributed by atoms with Crippen LogP contribution in [0.1, 0.15) is 12.5 Å². The van der Waals surface area contributed by atoms with E-state index in [1.165, 1.54) is 0 Å². The van der Waals surface area contributed by atoms with E-state index in [0.717, 1.165) is 5.56 Å². The summed E-state index contributed by atoms with van der Waals surface area (Å²) in [5, 5.41) is 20.1. The monoisotopic (exact) mass is 325 g/mol. The molecule has 2 fully saturated rings. The second-order valence-corrected chi connectivity index (χ2v) is 6.43. The molecule has 0 amide bonds. The van der Waals surface area contributed by atoms with E-state index in [9.17, 15) is 10.5 Å². The van der Waals surface area contributed by atoms with E-state index in [4.69, 9.17) is 19.9 Å². The molecule has 3 atom stereocenters. The van der Waals surface area contributed by atoms with Gasteiger partial charge in [-0.2, -0.15) is 10.5 Å². The Kier molecular flexibility index (Phi) is 2.66. The van der Waals surface area contributed by atoms with Crippen LogP contribution in [0.2, 0.25) is 0 Å². The van der Waals surface area contributed by atoms with Crippen LogP contribution >= 0.6 is 0 Å². The van der Waals surface area contributed by atoms with E-state index in [1.54, 1.807) is 19.2 Å². The normalized spacial score (nSPS) is 38.1. The molecule has 0 unspecified atom stereocenters. The number of fused-ring (bicyclic) bond motifs is 2. The predicted octanol–water partition coefficient (Wildman–Crippen LogP) is -0.862. The van der Waals surface area contributed by atoms with Crippen LogP contribution < -0.4 is 15.5 Å². The zero-order chi connectivity index (χ0) is 17.2. The number of ether oxygens (including phenoxy) is 3. The first-order chi connectivity index (χ1) is 11.5. The molecule has 1 aromatic rings. The molecule has 3 aliphatic rings. The van der Waals surface area contributed by atoms with E-state index in [2.05, 4.69) is 17.1 Å². The van der Waals surface area contributed by atoms with Gasteiger partial charge in [-0.1, -0.05) is 19.1 Å². The highest BCUT2D eigenvalue weighted by atomic mass is 16.8. The molecule has 1 saturated carbocycles. The highest BCUT2D eigenvalue weighted by molar-refractivity contribution is 5.97. The van der Waals surface area contributed by atoms with Crippen molar-refractivity contribution in [2.45, 2.75) is 18.2 Å². The van der Waals surface area contributed by atoms with Gasteiger partial charge in [0.05, 0.1) is 37.9 Å². The first-order valence-electron chi connectivity index (χ1n) is 7.66. The van der Waals surface area contributed by atoms with Crippen molar-refractivity contribution in [1.82, 2.24) is 0 Å². The van der Waals surface area contributed by atoms with Crippen LogP contribution in [0.15, 0.2) is 24.3 Å². The number of nitrogens with one attached hydrogen (secondary N) is 1. The van der Waals surface area contributed by atoms with Crippen LogP contribution in [0.25, 0.3) is 0 Å². The molecule has 0 radical (unpaired) electrons. The van der Waals surface area contributed by atoms with E-state index in [1.807, 2.05) is 19.1 Å². The summed E-state index contributed by atoms with van der Waals surface area (Å²) in [7, 11) is 1.58. The molecule has 3 N–H and O–H groups in total. The van der Waals surface area contributed by atoms with Crippen LogP contribution in [-0.2, 0) is 14.9 Å². The molecule has 1 aromatic carbocycles. The minimum absolute atomic E-state index is 0.215. The summed E-state index contributed by atoms with van der Waals surface area (Å²) in [5.74, 6) is -0.480. The Balaban J connectivity index is 1.95. The summed E-state index contributed by atoms with van der Waals surface area (Å²) in [6.07, 6.45) is 0. The summed E-state index contributed by atoms with van der Waals surface area (Å²) >= 11 is 0. The van der Waals surface area contributed by atoms with E-state index < -0.39 is 22.2 Å². The van der Waals surface area contributed by atoms with Crippen molar-refractivity contribution in [3.05, 3.63) is 29.8 Å². The zero-order valence-corrected chi connectivity index (χ0v) is 13.4. The van der Waals surface area contributed by atoms with Gasteiger partial charge in [-0.25, -0.2) is 4.99 Å². The van der Waals surface area contributed by atoms with Gasteiger partial charge in [0.25, 0.3) is 5.84 Å². The second kappa shape index (κ2) is 4.27. The number of rotatable bonds is 2. The van der Waals surface area contributed by atoms with Crippen LogP contribution in [0.3, 0.4) is 0 Å². The molecule has 1 spiro atoms. The van der Waals surface area contributed by atoms with E-state index >= 15 is 0 Å². The molecule has 0 bridgehead atoms. The Bertz CT molecular complexity index is 831. The van der Waals surface area contributed by atoms with Gasteiger partial charge < -0.3 is 14.2 Å². The molecule has 1 saturated heterocycles. The Labute approximate surface area is 139 Å². The predicted molar refractivity (Wildman–Crippen MR) is 81.2 cm³/mol. The van der Waals surface area contributed by atoms with Gasteiger partial charge in [-0.05, 0) is 17.7 Å². The fourth-order valence-electron chi connectivity index (χ4n) is 4.71. The summed E-state index contributed by atoms with van der Waals surface area (Å²) < 4.78 is 16.7. The third-order valence-electron chi connectivity index (χ3n) is 5.89.